The van der Waals surface area contributed by atoms with Crippen LogP contribution in [0.4, 0.5) is 0 Å². The highest BCUT2D eigenvalue weighted by molar-refractivity contribution is 7.89. The molecule has 19 heavy (non-hydrogen) atoms. The minimum atomic E-state index is -3.82. The van der Waals surface area contributed by atoms with Gasteiger partial charge in [0.1, 0.15) is 4.90 Å². The maximum atomic E-state index is 12.0. The molecular weight excluding hydrogens is 268 g/mol. The second kappa shape index (κ2) is 5.85. The van der Waals surface area contributed by atoms with Crippen molar-refractivity contribution in [2.45, 2.75) is 36.7 Å². The molecule has 1 heterocycles. The SMILES string of the molecule is O=c1cc[nH]cc1S(=O)(=O)NCC1CCCCC1O. The summed E-state index contributed by atoms with van der Waals surface area (Å²) in [6.45, 7) is 0.165. The number of hydrogen-bond acceptors (Lipinski definition) is 4. The first-order valence-electron chi connectivity index (χ1n) is 6.35. The number of sulfonamides is 1. The lowest BCUT2D eigenvalue weighted by Gasteiger charge is -2.27. The molecule has 1 aliphatic rings. The molecule has 2 rings (SSSR count). The zero-order valence-corrected chi connectivity index (χ0v) is 11.3. The molecule has 7 heteroatoms. The van der Waals surface area contributed by atoms with E-state index in [0.717, 1.165) is 19.3 Å². The molecule has 0 amide bonds. The Bertz CT molecular complexity index is 581. The quantitative estimate of drug-likeness (QED) is 0.736. The van der Waals surface area contributed by atoms with Crippen LogP contribution in [0.25, 0.3) is 0 Å². The molecule has 1 saturated carbocycles. The smallest absolute Gasteiger partial charge is 0.245 e. The lowest BCUT2D eigenvalue weighted by molar-refractivity contribution is 0.0724. The summed E-state index contributed by atoms with van der Waals surface area (Å²) < 4.78 is 26.4. The van der Waals surface area contributed by atoms with Crippen LogP contribution in [-0.4, -0.2) is 31.2 Å². The minimum Gasteiger partial charge on any atom is -0.393 e. The molecule has 2 atom stereocenters. The van der Waals surface area contributed by atoms with Crippen LogP contribution in [0.15, 0.2) is 28.2 Å². The number of aromatic nitrogens is 1. The second-order valence-corrected chi connectivity index (χ2v) is 6.57. The van der Waals surface area contributed by atoms with Gasteiger partial charge in [-0.1, -0.05) is 12.8 Å². The molecule has 1 aromatic heterocycles. The molecule has 6 nitrogen and oxygen atoms in total. The third-order valence-electron chi connectivity index (χ3n) is 3.48. The average Bonchev–Trinajstić information content (AvgIpc) is 2.38. The van der Waals surface area contributed by atoms with Gasteiger partial charge in [0, 0.05) is 25.0 Å². The van der Waals surface area contributed by atoms with Crippen LogP contribution < -0.4 is 10.2 Å². The van der Waals surface area contributed by atoms with Crippen LogP contribution in [0.3, 0.4) is 0 Å². The van der Waals surface area contributed by atoms with Crippen LogP contribution in [0.1, 0.15) is 25.7 Å². The van der Waals surface area contributed by atoms with Crippen molar-refractivity contribution in [2.24, 2.45) is 5.92 Å². The summed E-state index contributed by atoms with van der Waals surface area (Å²) in [5.41, 5.74) is -0.546. The molecular formula is C12H18N2O4S. The molecule has 1 aliphatic carbocycles. The number of H-pyrrole nitrogens is 1. The van der Waals surface area contributed by atoms with Crippen LogP contribution in [0, 0.1) is 5.92 Å². The van der Waals surface area contributed by atoms with Crippen molar-refractivity contribution in [3.8, 4) is 0 Å². The van der Waals surface area contributed by atoms with Gasteiger partial charge in [0.05, 0.1) is 6.10 Å². The largest absolute Gasteiger partial charge is 0.393 e. The highest BCUT2D eigenvalue weighted by Crippen LogP contribution is 2.23. The van der Waals surface area contributed by atoms with E-state index >= 15 is 0 Å². The van der Waals surface area contributed by atoms with Gasteiger partial charge >= 0.3 is 0 Å². The Morgan fingerprint density at radius 1 is 1.37 bits per heavy atom. The van der Waals surface area contributed by atoms with Crippen molar-refractivity contribution in [2.75, 3.05) is 6.54 Å². The molecule has 2 unspecified atom stereocenters. The molecule has 0 bridgehead atoms. The van der Waals surface area contributed by atoms with Gasteiger partial charge < -0.3 is 10.1 Å². The number of aliphatic hydroxyl groups is 1. The van der Waals surface area contributed by atoms with Gasteiger partial charge in [-0.2, -0.15) is 0 Å². The molecule has 0 saturated heterocycles. The van der Waals surface area contributed by atoms with E-state index in [2.05, 4.69) is 9.71 Å². The van der Waals surface area contributed by atoms with Gasteiger partial charge in [0.25, 0.3) is 0 Å². The van der Waals surface area contributed by atoms with Crippen LogP contribution in [-0.2, 0) is 10.0 Å². The monoisotopic (exact) mass is 286 g/mol. The zero-order chi connectivity index (χ0) is 13.9. The number of hydrogen-bond donors (Lipinski definition) is 3. The first-order valence-corrected chi connectivity index (χ1v) is 7.84. The van der Waals surface area contributed by atoms with Crippen LogP contribution >= 0.6 is 0 Å². The van der Waals surface area contributed by atoms with Gasteiger partial charge in [-0.15, -0.1) is 0 Å². The molecule has 1 fully saturated rings. The molecule has 3 N–H and O–H groups in total. The summed E-state index contributed by atoms with van der Waals surface area (Å²) in [4.78, 5) is 13.8. The fourth-order valence-corrected chi connectivity index (χ4v) is 3.48. The van der Waals surface area contributed by atoms with E-state index in [1.165, 1.54) is 18.5 Å². The number of aromatic amines is 1. The second-order valence-electron chi connectivity index (χ2n) is 4.84. The van der Waals surface area contributed by atoms with E-state index in [9.17, 15) is 18.3 Å². The van der Waals surface area contributed by atoms with E-state index < -0.39 is 21.6 Å². The standard InChI is InChI=1S/C12H18N2O4S/c15-10-4-2-1-3-9(10)7-14-19(17,18)12-8-13-6-5-11(12)16/h5-6,8-10,14-15H,1-4,7H2,(H,13,16). The highest BCUT2D eigenvalue weighted by Gasteiger charge is 2.25. The lowest BCUT2D eigenvalue weighted by Crippen LogP contribution is -2.37. The summed E-state index contributed by atoms with van der Waals surface area (Å²) in [5, 5.41) is 9.79. The Morgan fingerprint density at radius 3 is 2.79 bits per heavy atom. The Labute approximate surface area is 111 Å². The fraction of sp³-hybridized carbons (Fsp3) is 0.583. The normalized spacial score (nSPS) is 24.3. The molecule has 0 aliphatic heterocycles. The maximum absolute atomic E-state index is 12.0. The Hall–Kier alpha value is -1.18. The molecule has 0 radical (unpaired) electrons. The topological polar surface area (TPSA) is 99.3 Å². The van der Waals surface area contributed by atoms with Crippen molar-refractivity contribution < 1.29 is 13.5 Å². The van der Waals surface area contributed by atoms with Crippen molar-refractivity contribution in [1.29, 1.82) is 0 Å². The minimum absolute atomic E-state index is 0.0775. The van der Waals surface area contributed by atoms with E-state index in [0.29, 0.717) is 6.42 Å². The lowest BCUT2D eigenvalue weighted by atomic mass is 9.87. The Kier molecular flexibility index (Phi) is 4.38. The van der Waals surface area contributed by atoms with Crippen LogP contribution in [0.5, 0.6) is 0 Å². The van der Waals surface area contributed by atoms with Gasteiger partial charge in [-0.25, -0.2) is 13.1 Å². The van der Waals surface area contributed by atoms with Crippen molar-refractivity contribution in [3.05, 3.63) is 28.7 Å². The number of rotatable bonds is 4. The van der Waals surface area contributed by atoms with Gasteiger partial charge in [-0.05, 0) is 18.8 Å². The van der Waals surface area contributed by atoms with Crippen molar-refractivity contribution >= 4 is 10.0 Å². The third kappa shape index (κ3) is 3.43. The molecule has 1 aromatic rings. The summed E-state index contributed by atoms with van der Waals surface area (Å²) in [6, 6.07) is 1.17. The summed E-state index contributed by atoms with van der Waals surface area (Å²) in [7, 11) is -3.82. The first kappa shape index (κ1) is 14.2. The average molecular weight is 286 g/mol. The van der Waals surface area contributed by atoms with Crippen molar-refractivity contribution in [3.63, 3.8) is 0 Å². The zero-order valence-electron chi connectivity index (χ0n) is 10.5. The number of pyridine rings is 1. The molecule has 0 spiro atoms. The Morgan fingerprint density at radius 2 is 2.11 bits per heavy atom. The number of nitrogens with one attached hydrogen (secondary N) is 2. The first-order chi connectivity index (χ1) is 9.00. The highest BCUT2D eigenvalue weighted by atomic mass is 32.2. The van der Waals surface area contributed by atoms with Gasteiger partial charge in [-0.3, -0.25) is 4.79 Å². The molecule has 0 aromatic carbocycles. The van der Waals surface area contributed by atoms with Gasteiger partial charge in [0.15, 0.2) is 0 Å². The predicted octanol–water partition coefficient (Wildman–Crippen LogP) is 0.204. The van der Waals surface area contributed by atoms with E-state index in [1.54, 1.807) is 0 Å². The summed E-state index contributed by atoms with van der Waals surface area (Å²) in [6.07, 6.45) is 5.56. The Balaban J connectivity index is 2.06. The third-order valence-corrected chi connectivity index (χ3v) is 4.93. The number of aliphatic hydroxyl groups excluding tert-OH is 1. The van der Waals surface area contributed by atoms with Gasteiger partial charge in [0.2, 0.25) is 15.5 Å². The van der Waals surface area contributed by atoms with Crippen LogP contribution in [0.2, 0.25) is 0 Å². The predicted molar refractivity (Wildman–Crippen MR) is 70.2 cm³/mol. The summed E-state index contributed by atoms with van der Waals surface area (Å²) >= 11 is 0. The van der Waals surface area contributed by atoms with Crippen molar-refractivity contribution in [1.82, 2.24) is 9.71 Å². The fourth-order valence-electron chi connectivity index (χ4n) is 2.33. The molecule has 106 valence electrons. The van der Waals surface area contributed by atoms with E-state index in [4.69, 9.17) is 0 Å². The summed E-state index contributed by atoms with van der Waals surface area (Å²) in [5.74, 6) is -0.0775. The van der Waals surface area contributed by atoms with E-state index in [1.807, 2.05) is 0 Å². The van der Waals surface area contributed by atoms with E-state index in [-0.39, 0.29) is 17.4 Å². The maximum Gasteiger partial charge on any atom is 0.245 e.